The Morgan fingerprint density at radius 3 is 3.17 bits per heavy atom. The highest BCUT2D eigenvalue weighted by Gasteiger charge is 2.13. The van der Waals surface area contributed by atoms with E-state index in [0.717, 1.165) is 28.4 Å². The molecule has 1 amide bonds. The van der Waals surface area contributed by atoms with Crippen LogP contribution in [-0.2, 0) is 11.2 Å². The number of nitrogens with zero attached hydrogens (tertiary/aromatic N) is 1. The number of aromatic nitrogens is 1. The molecule has 2 aromatic rings. The molecule has 18 heavy (non-hydrogen) atoms. The summed E-state index contributed by atoms with van der Waals surface area (Å²) in [6.45, 7) is 0.284. The Hall–Kier alpha value is -2.08. The molecule has 0 radical (unpaired) electrons. The van der Waals surface area contributed by atoms with Gasteiger partial charge in [0, 0.05) is 17.5 Å². The lowest BCUT2D eigenvalue weighted by atomic mass is 10.1. The van der Waals surface area contributed by atoms with Gasteiger partial charge in [-0.1, -0.05) is 6.07 Å². The third kappa shape index (κ3) is 2.14. The summed E-state index contributed by atoms with van der Waals surface area (Å²) in [6.07, 6.45) is 3.15. The van der Waals surface area contributed by atoms with Crippen LogP contribution in [0, 0.1) is 0 Å². The van der Waals surface area contributed by atoms with E-state index in [4.69, 9.17) is 9.47 Å². The summed E-state index contributed by atoms with van der Waals surface area (Å²) < 4.78 is 10.6. The van der Waals surface area contributed by atoms with E-state index in [-0.39, 0.29) is 6.79 Å². The van der Waals surface area contributed by atoms with Crippen molar-refractivity contribution in [1.29, 1.82) is 0 Å². The van der Waals surface area contributed by atoms with Gasteiger partial charge in [0.1, 0.15) is 0 Å². The second kappa shape index (κ2) is 4.66. The highest BCUT2D eigenvalue weighted by molar-refractivity contribution is 7.15. The summed E-state index contributed by atoms with van der Waals surface area (Å²) in [6, 6.07) is 5.87. The van der Waals surface area contributed by atoms with Crippen LogP contribution < -0.4 is 14.8 Å². The van der Waals surface area contributed by atoms with E-state index in [1.54, 1.807) is 6.20 Å². The molecule has 1 aliphatic heterocycles. The van der Waals surface area contributed by atoms with E-state index in [1.165, 1.54) is 11.3 Å². The largest absolute Gasteiger partial charge is 0.454 e. The van der Waals surface area contributed by atoms with Gasteiger partial charge < -0.3 is 14.8 Å². The Morgan fingerprint density at radius 2 is 2.28 bits per heavy atom. The quantitative estimate of drug-likeness (QED) is 0.856. The minimum Gasteiger partial charge on any atom is -0.454 e. The zero-order valence-electron chi connectivity index (χ0n) is 9.38. The van der Waals surface area contributed by atoms with Gasteiger partial charge in [-0.2, -0.15) is 0 Å². The maximum atomic E-state index is 10.3. The summed E-state index contributed by atoms with van der Waals surface area (Å²) in [5, 5.41) is 3.15. The van der Waals surface area contributed by atoms with Crippen LogP contribution in [0.1, 0.15) is 10.4 Å². The second-order valence-electron chi connectivity index (χ2n) is 3.76. The van der Waals surface area contributed by atoms with Crippen molar-refractivity contribution in [2.45, 2.75) is 6.42 Å². The summed E-state index contributed by atoms with van der Waals surface area (Å²) in [4.78, 5) is 15.5. The van der Waals surface area contributed by atoms with Crippen molar-refractivity contribution in [2.75, 3.05) is 12.1 Å². The fourth-order valence-corrected chi connectivity index (χ4v) is 2.56. The number of carbonyl (C=O) groups is 1. The van der Waals surface area contributed by atoms with Gasteiger partial charge in [-0.15, -0.1) is 11.3 Å². The molecule has 1 N–H and O–H groups in total. The molecular formula is C12H10N2O3S. The van der Waals surface area contributed by atoms with E-state index >= 15 is 0 Å². The first-order valence-corrected chi connectivity index (χ1v) is 6.20. The molecule has 92 valence electrons. The molecule has 1 aliphatic rings. The number of benzene rings is 1. The van der Waals surface area contributed by atoms with Gasteiger partial charge in [0.2, 0.25) is 13.2 Å². The van der Waals surface area contributed by atoms with Crippen LogP contribution in [0.15, 0.2) is 24.4 Å². The molecular weight excluding hydrogens is 252 g/mol. The first kappa shape index (κ1) is 11.0. The molecule has 0 aliphatic carbocycles. The van der Waals surface area contributed by atoms with Crippen LogP contribution in [0.2, 0.25) is 0 Å². The summed E-state index contributed by atoms with van der Waals surface area (Å²) in [5.41, 5.74) is 1.13. The third-order valence-corrected chi connectivity index (χ3v) is 3.48. The number of thiazole rings is 1. The van der Waals surface area contributed by atoms with Crippen molar-refractivity contribution in [3.63, 3.8) is 0 Å². The Morgan fingerprint density at radius 1 is 1.39 bits per heavy atom. The molecule has 1 aromatic heterocycles. The number of hydrogen-bond donors (Lipinski definition) is 1. The average Bonchev–Trinajstić information content (AvgIpc) is 2.98. The molecule has 3 rings (SSSR count). The van der Waals surface area contributed by atoms with E-state index < -0.39 is 0 Å². The fraction of sp³-hybridized carbons (Fsp3) is 0.167. The first-order valence-electron chi connectivity index (χ1n) is 5.38. The summed E-state index contributed by atoms with van der Waals surface area (Å²) in [5.74, 6) is 1.56. The standard InChI is InChI=1S/C12H10N2O3S/c15-6-14-12-13-5-9(18-12)3-8-1-2-10-11(4-8)17-7-16-10/h1-2,4-6H,3,7H2,(H,13,14,15). The van der Waals surface area contributed by atoms with Gasteiger partial charge in [-0.3, -0.25) is 4.79 Å². The maximum Gasteiger partial charge on any atom is 0.231 e. The normalized spacial score (nSPS) is 12.4. The second-order valence-corrected chi connectivity index (χ2v) is 4.87. The first-order chi connectivity index (χ1) is 8.85. The number of ether oxygens (including phenoxy) is 2. The lowest BCUT2D eigenvalue weighted by Gasteiger charge is -2.00. The lowest BCUT2D eigenvalue weighted by molar-refractivity contribution is -0.105. The molecule has 0 bridgehead atoms. The van der Waals surface area contributed by atoms with Gasteiger partial charge in [0.15, 0.2) is 16.6 Å². The number of fused-ring (bicyclic) bond motifs is 1. The van der Waals surface area contributed by atoms with Crippen LogP contribution in [0.25, 0.3) is 0 Å². The molecule has 1 aromatic carbocycles. The molecule has 6 heteroatoms. The molecule has 0 saturated heterocycles. The average molecular weight is 262 g/mol. The molecule has 0 spiro atoms. The highest BCUT2D eigenvalue weighted by Crippen LogP contribution is 2.33. The van der Waals surface area contributed by atoms with E-state index in [9.17, 15) is 4.79 Å². The van der Waals surface area contributed by atoms with Crippen molar-refractivity contribution >= 4 is 22.9 Å². The van der Waals surface area contributed by atoms with E-state index in [0.29, 0.717) is 11.5 Å². The topological polar surface area (TPSA) is 60.5 Å². The van der Waals surface area contributed by atoms with E-state index in [1.807, 2.05) is 18.2 Å². The maximum absolute atomic E-state index is 10.3. The highest BCUT2D eigenvalue weighted by atomic mass is 32.1. The Bertz CT molecular complexity index is 582. The predicted molar refractivity (Wildman–Crippen MR) is 67.2 cm³/mol. The summed E-state index contributed by atoms with van der Waals surface area (Å²) in [7, 11) is 0. The van der Waals surface area contributed by atoms with Gasteiger partial charge in [-0.05, 0) is 17.7 Å². The number of nitrogens with one attached hydrogen (secondary N) is 1. The third-order valence-electron chi connectivity index (χ3n) is 2.55. The van der Waals surface area contributed by atoms with Crippen LogP contribution in [0.5, 0.6) is 11.5 Å². The van der Waals surface area contributed by atoms with Crippen molar-refractivity contribution in [2.24, 2.45) is 0 Å². The SMILES string of the molecule is O=CNc1ncc(Cc2ccc3c(c2)OCO3)s1. The molecule has 0 saturated carbocycles. The van der Waals surface area contributed by atoms with E-state index in [2.05, 4.69) is 10.3 Å². The monoisotopic (exact) mass is 262 g/mol. The number of hydrogen-bond acceptors (Lipinski definition) is 5. The smallest absolute Gasteiger partial charge is 0.231 e. The van der Waals surface area contributed by atoms with Crippen LogP contribution in [0.4, 0.5) is 5.13 Å². The van der Waals surface area contributed by atoms with Crippen LogP contribution in [0.3, 0.4) is 0 Å². The number of anilines is 1. The van der Waals surface area contributed by atoms with Crippen molar-refractivity contribution < 1.29 is 14.3 Å². The zero-order valence-corrected chi connectivity index (χ0v) is 10.2. The van der Waals surface area contributed by atoms with Gasteiger partial charge >= 0.3 is 0 Å². The van der Waals surface area contributed by atoms with Crippen LogP contribution in [-0.4, -0.2) is 18.2 Å². The minimum atomic E-state index is 0.284. The Kier molecular flexibility index (Phi) is 2.85. The lowest BCUT2D eigenvalue weighted by Crippen LogP contribution is -1.92. The molecule has 0 fully saturated rings. The Labute approximate surface area is 107 Å². The summed E-state index contributed by atoms with van der Waals surface area (Å²) >= 11 is 1.46. The molecule has 5 nitrogen and oxygen atoms in total. The van der Waals surface area contributed by atoms with Gasteiger partial charge in [0.05, 0.1) is 0 Å². The van der Waals surface area contributed by atoms with Crippen LogP contribution >= 0.6 is 11.3 Å². The molecule has 0 atom stereocenters. The fourth-order valence-electron chi connectivity index (χ4n) is 1.76. The molecule has 0 unspecified atom stereocenters. The van der Waals surface area contributed by atoms with Crippen molar-refractivity contribution in [3.05, 3.63) is 34.8 Å². The van der Waals surface area contributed by atoms with Gasteiger partial charge in [0.25, 0.3) is 0 Å². The predicted octanol–water partition coefficient (Wildman–Crippen LogP) is 2.03. The number of carbonyl (C=O) groups excluding carboxylic acids is 1. The van der Waals surface area contributed by atoms with Gasteiger partial charge in [-0.25, -0.2) is 4.98 Å². The van der Waals surface area contributed by atoms with Crippen molar-refractivity contribution in [1.82, 2.24) is 4.98 Å². The number of amides is 1. The number of rotatable bonds is 4. The Balaban J connectivity index is 1.77. The minimum absolute atomic E-state index is 0.284. The molecule has 2 heterocycles. The van der Waals surface area contributed by atoms with Crippen molar-refractivity contribution in [3.8, 4) is 11.5 Å². The zero-order chi connectivity index (χ0) is 12.4.